The number of carbonyl (C=O) groups excluding carboxylic acids is 1. The molecule has 0 atom stereocenters. The van der Waals surface area contributed by atoms with Crippen LogP contribution >= 0.6 is 43.2 Å². The summed E-state index contributed by atoms with van der Waals surface area (Å²) in [6.07, 6.45) is 1.78. The molecule has 0 aliphatic carbocycles. The SMILES string of the molecule is Nc1nc2ccc3c(c2s1)C(=Cc1cc(Br)c(O)c(Br)c1)C(=O)N3. The number of aromatic hydroxyl groups is 1. The maximum Gasteiger partial charge on any atom is 0.256 e. The molecule has 2 heterocycles. The first-order valence-electron chi connectivity index (χ1n) is 6.84. The lowest BCUT2D eigenvalue weighted by molar-refractivity contribution is -0.110. The fourth-order valence-electron chi connectivity index (χ4n) is 2.66. The number of carbonyl (C=O) groups is 1. The van der Waals surface area contributed by atoms with Gasteiger partial charge in [0.15, 0.2) is 5.13 Å². The zero-order valence-corrected chi connectivity index (χ0v) is 15.9. The van der Waals surface area contributed by atoms with E-state index in [-0.39, 0.29) is 11.7 Å². The normalized spacial score (nSPS) is 15.1. The van der Waals surface area contributed by atoms with Crippen LogP contribution in [-0.2, 0) is 4.79 Å². The van der Waals surface area contributed by atoms with E-state index in [4.69, 9.17) is 5.73 Å². The van der Waals surface area contributed by atoms with Gasteiger partial charge in [-0.15, -0.1) is 0 Å². The topological polar surface area (TPSA) is 88.2 Å². The standard InChI is InChI=1S/C16H9Br2N3O2S/c17-8-4-6(5-9(18)13(8)22)3-7-12-10(20-15(7)23)1-2-11-14(12)24-16(19)21-11/h1-5,22H,(H2,19,21)(H,20,23). The molecule has 0 saturated heterocycles. The summed E-state index contributed by atoms with van der Waals surface area (Å²) in [7, 11) is 0. The van der Waals surface area contributed by atoms with Crippen LogP contribution in [0.25, 0.3) is 21.9 Å². The van der Waals surface area contributed by atoms with Crippen LogP contribution in [0.4, 0.5) is 10.8 Å². The van der Waals surface area contributed by atoms with Gasteiger partial charge in [-0.2, -0.15) is 0 Å². The second-order valence-corrected chi connectivity index (χ2v) is 7.97. The first-order chi connectivity index (χ1) is 11.4. The van der Waals surface area contributed by atoms with Gasteiger partial charge < -0.3 is 16.2 Å². The summed E-state index contributed by atoms with van der Waals surface area (Å²) < 4.78 is 1.97. The Kier molecular flexibility index (Phi) is 3.63. The molecule has 0 saturated carbocycles. The molecule has 8 heteroatoms. The van der Waals surface area contributed by atoms with Gasteiger partial charge in [-0.1, -0.05) is 11.3 Å². The number of rotatable bonds is 1. The van der Waals surface area contributed by atoms with Crippen molar-refractivity contribution in [2.45, 2.75) is 0 Å². The molecule has 0 fully saturated rings. The monoisotopic (exact) mass is 465 g/mol. The van der Waals surface area contributed by atoms with Crippen LogP contribution < -0.4 is 11.1 Å². The van der Waals surface area contributed by atoms with Crippen molar-refractivity contribution in [1.82, 2.24) is 4.98 Å². The number of anilines is 2. The van der Waals surface area contributed by atoms with Crippen LogP contribution in [0.3, 0.4) is 0 Å². The Labute approximate surface area is 157 Å². The van der Waals surface area contributed by atoms with Gasteiger partial charge in [-0.3, -0.25) is 4.79 Å². The number of thiazole rings is 1. The third-order valence-electron chi connectivity index (χ3n) is 3.69. The lowest BCUT2D eigenvalue weighted by Crippen LogP contribution is -2.03. The van der Waals surface area contributed by atoms with Crippen LogP contribution in [0.5, 0.6) is 5.75 Å². The van der Waals surface area contributed by atoms with E-state index in [1.165, 1.54) is 11.3 Å². The van der Waals surface area contributed by atoms with Gasteiger partial charge in [0, 0.05) is 5.56 Å². The van der Waals surface area contributed by atoms with E-state index < -0.39 is 0 Å². The maximum absolute atomic E-state index is 12.4. The van der Waals surface area contributed by atoms with Crippen LogP contribution in [0.1, 0.15) is 11.1 Å². The summed E-state index contributed by atoms with van der Waals surface area (Å²) in [5.74, 6) is -0.0594. The molecule has 1 amide bonds. The third-order valence-corrected chi connectivity index (χ3v) is 5.81. The molecule has 0 spiro atoms. The Balaban J connectivity index is 1.95. The van der Waals surface area contributed by atoms with Crippen LogP contribution in [0.15, 0.2) is 33.2 Å². The summed E-state index contributed by atoms with van der Waals surface area (Å²) in [5, 5.41) is 13.2. The molecule has 4 N–H and O–H groups in total. The number of hydrogen-bond donors (Lipinski definition) is 3. The molecule has 1 aliphatic rings. The fourth-order valence-corrected chi connectivity index (χ4v) is 4.77. The summed E-state index contributed by atoms with van der Waals surface area (Å²) in [5.41, 5.74) is 9.47. The van der Waals surface area contributed by atoms with Crippen molar-refractivity contribution in [3.05, 3.63) is 44.3 Å². The number of amides is 1. The van der Waals surface area contributed by atoms with Crippen molar-refractivity contribution in [1.29, 1.82) is 0 Å². The van der Waals surface area contributed by atoms with E-state index in [1.807, 2.05) is 12.1 Å². The summed E-state index contributed by atoms with van der Waals surface area (Å²) in [4.78, 5) is 16.7. The molecule has 1 aromatic heterocycles. The number of phenols is 1. The van der Waals surface area contributed by atoms with Gasteiger partial charge in [0.1, 0.15) is 5.75 Å². The second kappa shape index (κ2) is 5.58. The zero-order valence-electron chi connectivity index (χ0n) is 11.9. The Morgan fingerprint density at radius 1 is 1.25 bits per heavy atom. The number of nitrogens with one attached hydrogen (secondary N) is 1. The Bertz CT molecular complexity index is 1040. The minimum atomic E-state index is -0.176. The zero-order chi connectivity index (χ0) is 17.0. The number of nitrogen functional groups attached to an aromatic ring is 1. The van der Waals surface area contributed by atoms with Gasteiger partial charge in [-0.25, -0.2) is 4.98 Å². The number of halogens is 2. The van der Waals surface area contributed by atoms with Gasteiger partial charge >= 0.3 is 0 Å². The van der Waals surface area contributed by atoms with Gasteiger partial charge in [0.2, 0.25) is 0 Å². The van der Waals surface area contributed by atoms with Crippen molar-refractivity contribution in [3.63, 3.8) is 0 Å². The summed E-state index contributed by atoms with van der Waals surface area (Å²) >= 11 is 7.96. The van der Waals surface area contributed by atoms with Crippen molar-refractivity contribution in [2.24, 2.45) is 0 Å². The molecule has 5 nitrogen and oxygen atoms in total. The van der Waals surface area contributed by atoms with Gasteiger partial charge in [-0.05, 0) is 67.8 Å². The Morgan fingerprint density at radius 2 is 1.96 bits per heavy atom. The Morgan fingerprint density at radius 3 is 2.67 bits per heavy atom. The second-order valence-electron chi connectivity index (χ2n) is 5.23. The predicted molar refractivity (Wildman–Crippen MR) is 104 cm³/mol. The molecular formula is C16H9Br2N3O2S. The van der Waals surface area contributed by atoms with Crippen molar-refractivity contribution < 1.29 is 9.90 Å². The number of benzene rings is 2. The average molecular weight is 467 g/mol. The number of fused-ring (bicyclic) bond motifs is 3. The lowest BCUT2D eigenvalue weighted by atomic mass is 10.0. The van der Waals surface area contributed by atoms with Gasteiger partial charge in [0.05, 0.1) is 30.4 Å². The van der Waals surface area contributed by atoms with E-state index in [0.29, 0.717) is 19.7 Å². The van der Waals surface area contributed by atoms with Crippen LogP contribution in [-0.4, -0.2) is 16.0 Å². The fraction of sp³-hybridized carbons (Fsp3) is 0. The summed E-state index contributed by atoms with van der Waals surface area (Å²) in [6, 6.07) is 7.18. The van der Waals surface area contributed by atoms with Crippen molar-refractivity contribution >= 4 is 81.8 Å². The molecule has 24 heavy (non-hydrogen) atoms. The molecule has 2 aromatic carbocycles. The number of aromatic nitrogens is 1. The number of nitrogens with zero attached hydrogens (tertiary/aromatic N) is 1. The van der Waals surface area contributed by atoms with Crippen molar-refractivity contribution in [2.75, 3.05) is 11.1 Å². The smallest absolute Gasteiger partial charge is 0.256 e. The van der Waals surface area contributed by atoms with E-state index in [2.05, 4.69) is 42.2 Å². The lowest BCUT2D eigenvalue weighted by Gasteiger charge is -2.04. The van der Waals surface area contributed by atoms with E-state index in [0.717, 1.165) is 27.0 Å². The maximum atomic E-state index is 12.4. The molecule has 3 aromatic rings. The molecule has 0 radical (unpaired) electrons. The van der Waals surface area contributed by atoms with Crippen LogP contribution in [0.2, 0.25) is 0 Å². The van der Waals surface area contributed by atoms with Crippen molar-refractivity contribution in [3.8, 4) is 5.75 Å². The molecule has 120 valence electrons. The molecular weight excluding hydrogens is 458 g/mol. The number of phenolic OH excluding ortho intramolecular Hbond substituents is 1. The quantitative estimate of drug-likeness (QED) is 0.457. The number of nitrogens with two attached hydrogens (primary N) is 1. The van der Waals surface area contributed by atoms with E-state index in [9.17, 15) is 9.90 Å². The predicted octanol–water partition coefficient (Wildman–Crippen LogP) is 4.60. The highest BCUT2D eigenvalue weighted by atomic mass is 79.9. The molecule has 1 aliphatic heterocycles. The minimum Gasteiger partial charge on any atom is -0.506 e. The molecule has 4 rings (SSSR count). The number of hydrogen-bond acceptors (Lipinski definition) is 5. The van der Waals surface area contributed by atoms with E-state index in [1.54, 1.807) is 18.2 Å². The summed E-state index contributed by atoms with van der Waals surface area (Å²) in [6.45, 7) is 0. The highest BCUT2D eigenvalue weighted by molar-refractivity contribution is 9.11. The van der Waals surface area contributed by atoms with Gasteiger partial charge in [0.25, 0.3) is 5.91 Å². The molecule has 0 bridgehead atoms. The van der Waals surface area contributed by atoms with Crippen LogP contribution in [0, 0.1) is 0 Å². The third kappa shape index (κ3) is 2.42. The Hall–Kier alpha value is -1.90. The largest absolute Gasteiger partial charge is 0.506 e. The first kappa shape index (κ1) is 15.6. The highest BCUT2D eigenvalue weighted by Gasteiger charge is 2.27. The minimum absolute atomic E-state index is 0.117. The van der Waals surface area contributed by atoms with E-state index >= 15 is 0 Å². The average Bonchev–Trinajstić information content (AvgIpc) is 3.04. The molecule has 0 unspecified atom stereocenters. The first-order valence-corrected chi connectivity index (χ1v) is 9.25. The highest BCUT2D eigenvalue weighted by Crippen LogP contribution is 2.42.